The number of rotatable bonds is 3. The first-order chi connectivity index (χ1) is 4.20. The highest BCUT2D eigenvalue weighted by molar-refractivity contribution is 5.28. The van der Waals surface area contributed by atoms with Crippen LogP contribution in [0, 0.1) is 0 Å². The molecule has 0 aromatic carbocycles. The molecule has 0 spiro atoms. The second-order valence-corrected chi connectivity index (χ2v) is 1.29. The molecule has 0 aromatic rings. The fraction of sp³-hybridized carbons (Fsp3) is 0.167. The van der Waals surface area contributed by atoms with E-state index in [0.29, 0.717) is 0 Å². The normalized spacial score (nSPS) is 10.7. The molecule has 0 bridgehead atoms. The van der Waals surface area contributed by atoms with Gasteiger partial charge in [-0.2, -0.15) is 0 Å². The molecule has 0 rings (SSSR count). The van der Waals surface area contributed by atoms with Gasteiger partial charge in [-0.1, -0.05) is 6.58 Å². The molecule has 0 radical (unpaired) electrons. The fourth-order valence-electron chi connectivity index (χ4n) is 0.303. The Hall–Kier alpha value is -1.12. The Morgan fingerprint density at radius 1 is 1.78 bits per heavy atom. The van der Waals surface area contributed by atoms with Crippen LogP contribution in [0.1, 0.15) is 0 Å². The van der Waals surface area contributed by atoms with Gasteiger partial charge in [0.15, 0.2) is 0 Å². The van der Waals surface area contributed by atoms with Crippen molar-refractivity contribution in [3.05, 3.63) is 24.4 Å². The Balaban J connectivity index is 4.07. The van der Waals surface area contributed by atoms with Gasteiger partial charge in [-0.25, -0.2) is 9.38 Å². The molecule has 0 unspecified atom stereocenters. The number of aliphatic imine (C=N–C) groups is 1. The van der Waals surface area contributed by atoms with Crippen molar-refractivity contribution < 1.29 is 9.13 Å². The van der Waals surface area contributed by atoms with E-state index in [2.05, 4.69) is 23.0 Å². The third-order valence-corrected chi connectivity index (χ3v) is 0.645. The zero-order chi connectivity index (χ0) is 7.28. The molecule has 0 heterocycles. The van der Waals surface area contributed by atoms with E-state index >= 15 is 0 Å². The quantitative estimate of drug-likeness (QED) is 0.322. The van der Waals surface area contributed by atoms with Crippen LogP contribution in [0.15, 0.2) is 29.4 Å². The van der Waals surface area contributed by atoms with Crippen LogP contribution in [0.3, 0.4) is 0 Å². The number of ether oxygens (including phenoxy) is 1. The van der Waals surface area contributed by atoms with Gasteiger partial charge in [0.2, 0.25) is 5.88 Å². The molecule has 3 heteroatoms. The first-order valence-electron chi connectivity index (χ1n) is 2.27. The zero-order valence-corrected chi connectivity index (χ0v) is 5.22. The number of halogens is 1. The Bertz CT molecular complexity index is 151. The minimum absolute atomic E-state index is 0.127. The van der Waals surface area contributed by atoms with Crippen LogP contribution in [0.2, 0.25) is 0 Å². The van der Waals surface area contributed by atoms with Crippen LogP contribution in [-0.4, -0.2) is 13.8 Å². The molecule has 2 nitrogen and oxygen atoms in total. The van der Waals surface area contributed by atoms with Gasteiger partial charge < -0.3 is 4.74 Å². The molecule has 0 saturated heterocycles. The molecule has 0 aromatic heterocycles. The summed E-state index contributed by atoms with van der Waals surface area (Å²) in [6, 6.07) is 0. The molecule has 0 amide bonds. The van der Waals surface area contributed by atoms with Gasteiger partial charge in [0, 0.05) is 6.08 Å². The lowest BCUT2D eigenvalue weighted by molar-refractivity contribution is 0.288. The maximum absolute atomic E-state index is 11.9. The number of nitrogens with zero attached hydrogens (tertiary/aromatic N) is 1. The maximum Gasteiger partial charge on any atom is 0.215 e. The van der Waals surface area contributed by atoms with Crippen LogP contribution in [0.5, 0.6) is 0 Å². The summed E-state index contributed by atoms with van der Waals surface area (Å²) >= 11 is 0. The van der Waals surface area contributed by atoms with Crippen molar-refractivity contribution in [1.29, 1.82) is 0 Å². The summed E-state index contributed by atoms with van der Waals surface area (Å²) in [5.74, 6) is -0.471. The van der Waals surface area contributed by atoms with Crippen LogP contribution in [0.25, 0.3) is 0 Å². The van der Waals surface area contributed by atoms with E-state index in [1.54, 1.807) is 0 Å². The first-order valence-corrected chi connectivity index (χ1v) is 2.27. The average molecular weight is 129 g/mol. The van der Waals surface area contributed by atoms with Gasteiger partial charge in [0.05, 0.1) is 7.11 Å². The van der Waals surface area contributed by atoms with Gasteiger partial charge in [-0.15, -0.1) is 0 Å². The van der Waals surface area contributed by atoms with Crippen molar-refractivity contribution in [2.45, 2.75) is 0 Å². The fourth-order valence-corrected chi connectivity index (χ4v) is 0.303. The van der Waals surface area contributed by atoms with Crippen molar-refractivity contribution in [2.24, 2.45) is 4.99 Å². The number of methoxy groups -OCH3 is 1. The van der Waals surface area contributed by atoms with Crippen molar-refractivity contribution in [1.82, 2.24) is 0 Å². The van der Waals surface area contributed by atoms with Crippen molar-refractivity contribution in [2.75, 3.05) is 7.11 Å². The Kier molecular flexibility index (Phi) is 3.35. The maximum atomic E-state index is 11.9. The third kappa shape index (κ3) is 3.46. The number of allylic oxidation sites excluding steroid dienone is 2. The smallest absolute Gasteiger partial charge is 0.215 e. The molecule has 0 atom stereocenters. The second-order valence-electron chi connectivity index (χ2n) is 1.29. The molecule has 0 fully saturated rings. The van der Waals surface area contributed by atoms with E-state index in [1.165, 1.54) is 7.11 Å². The van der Waals surface area contributed by atoms with E-state index in [-0.39, 0.29) is 5.88 Å². The van der Waals surface area contributed by atoms with Crippen LogP contribution in [-0.2, 0) is 4.74 Å². The average Bonchev–Trinajstić information content (AvgIpc) is 1.82. The summed E-state index contributed by atoms with van der Waals surface area (Å²) < 4.78 is 16.4. The van der Waals surface area contributed by atoms with E-state index < -0.39 is 5.83 Å². The summed E-state index contributed by atoms with van der Waals surface area (Å²) in [5.41, 5.74) is 0. The minimum atomic E-state index is -0.598. The Labute approximate surface area is 53.4 Å². The van der Waals surface area contributed by atoms with Gasteiger partial charge in [0.1, 0.15) is 5.83 Å². The summed E-state index contributed by atoms with van der Waals surface area (Å²) in [6.45, 7) is 6.11. The second kappa shape index (κ2) is 3.83. The highest BCUT2D eigenvalue weighted by atomic mass is 19.1. The van der Waals surface area contributed by atoms with Gasteiger partial charge in [0.25, 0.3) is 0 Å². The number of hydrogen-bond acceptors (Lipinski definition) is 2. The Morgan fingerprint density at radius 2 is 2.33 bits per heavy atom. The predicted octanol–water partition coefficient (Wildman–Crippen LogP) is 1.66. The molecule has 0 saturated carbocycles. The summed E-state index contributed by atoms with van der Waals surface area (Å²) in [6.07, 6.45) is 1.05. The summed E-state index contributed by atoms with van der Waals surface area (Å²) in [4.78, 5) is 3.33. The van der Waals surface area contributed by atoms with Crippen molar-refractivity contribution in [3.63, 3.8) is 0 Å². The summed E-state index contributed by atoms with van der Waals surface area (Å²) in [7, 11) is 1.38. The lowest BCUT2D eigenvalue weighted by Crippen LogP contribution is -1.80. The molecule has 0 aliphatic rings. The highest BCUT2D eigenvalue weighted by Crippen LogP contribution is 2.01. The van der Waals surface area contributed by atoms with Crippen LogP contribution >= 0.6 is 0 Å². The first kappa shape index (κ1) is 7.88. The standard InChI is InChI=1S/C6H8FNO/c1-5(7)4-6(8-2)9-3/h4H,1-2H2,3H3/b6-4+. The van der Waals surface area contributed by atoms with Gasteiger partial charge in [-0.05, 0) is 6.72 Å². The van der Waals surface area contributed by atoms with E-state index in [9.17, 15) is 4.39 Å². The monoisotopic (exact) mass is 129 g/mol. The van der Waals surface area contributed by atoms with E-state index in [4.69, 9.17) is 0 Å². The predicted molar refractivity (Wildman–Crippen MR) is 34.9 cm³/mol. The van der Waals surface area contributed by atoms with Crippen molar-refractivity contribution in [3.8, 4) is 0 Å². The number of hydrogen-bond donors (Lipinski definition) is 0. The van der Waals surface area contributed by atoms with Crippen LogP contribution < -0.4 is 0 Å². The molecule has 0 aliphatic carbocycles. The SMILES string of the molecule is C=N/C(=C\C(=C)F)OC. The topological polar surface area (TPSA) is 21.6 Å². The molecule has 9 heavy (non-hydrogen) atoms. The molecule has 50 valence electrons. The molecule has 0 N–H and O–H groups in total. The van der Waals surface area contributed by atoms with E-state index in [0.717, 1.165) is 6.08 Å². The summed E-state index contributed by atoms with van der Waals surface area (Å²) in [5, 5.41) is 0. The Morgan fingerprint density at radius 3 is 2.44 bits per heavy atom. The third-order valence-electron chi connectivity index (χ3n) is 0.645. The van der Waals surface area contributed by atoms with Crippen molar-refractivity contribution >= 4 is 6.72 Å². The minimum Gasteiger partial charge on any atom is -0.481 e. The zero-order valence-electron chi connectivity index (χ0n) is 5.22. The molecule has 0 aliphatic heterocycles. The van der Waals surface area contributed by atoms with Crippen LogP contribution in [0.4, 0.5) is 4.39 Å². The van der Waals surface area contributed by atoms with E-state index in [1.807, 2.05) is 0 Å². The molecular formula is C6H8FNO. The lowest BCUT2D eigenvalue weighted by Gasteiger charge is -1.94. The largest absolute Gasteiger partial charge is 0.481 e. The molecular weight excluding hydrogens is 121 g/mol. The van der Waals surface area contributed by atoms with Gasteiger partial charge in [-0.3, -0.25) is 0 Å². The lowest BCUT2D eigenvalue weighted by atomic mass is 10.5. The van der Waals surface area contributed by atoms with Gasteiger partial charge >= 0.3 is 0 Å². The highest BCUT2D eigenvalue weighted by Gasteiger charge is 1.89.